The summed E-state index contributed by atoms with van der Waals surface area (Å²) in [7, 11) is 0. The van der Waals surface area contributed by atoms with Gasteiger partial charge in [-0.1, -0.05) is 0 Å². The number of hydrogen-bond donors (Lipinski definition) is 1. The Labute approximate surface area is 54.6 Å². The van der Waals surface area contributed by atoms with Gasteiger partial charge in [0.2, 0.25) is 6.41 Å². The van der Waals surface area contributed by atoms with Crippen LogP contribution in [-0.4, -0.2) is 22.5 Å². The summed E-state index contributed by atoms with van der Waals surface area (Å²) in [4.78, 5) is 11.2. The van der Waals surface area contributed by atoms with Crippen LogP contribution in [-0.2, 0) is 4.79 Å². The molecule has 0 atom stereocenters. The van der Waals surface area contributed by atoms with Crippen LogP contribution < -0.4 is 0 Å². The summed E-state index contributed by atoms with van der Waals surface area (Å²) in [6.45, 7) is 6.77. The molecule has 0 aliphatic rings. The smallest absolute Gasteiger partial charge is 0.216 e. The molecule has 0 saturated carbocycles. The highest BCUT2D eigenvalue weighted by Crippen LogP contribution is 1.99. The molecule has 0 aromatic rings. The molecule has 1 amide bonds. The van der Waals surface area contributed by atoms with Gasteiger partial charge in [-0.05, 0) is 20.4 Å². The van der Waals surface area contributed by atoms with E-state index >= 15 is 0 Å². The molecule has 3 nitrogen and oxygen atoms in total. The van der Waals surface area contributed by atoms with Crippen LogP contribution in [0.15, 0.2) is 12.5 Å². The molecule has 0 unspecified atom stereocenters. The topological polar surface area (TPSA) is 40.5 Å². The molecule has 0 spiro atoms. The number of nitrogens with zero attached hydrogens (tertiary/aromatic N) is 1. The molecule has 0 fully saturated rings. The van der Waals surface area contributed by atoms with Crippen LogP contribution in [0.5, 0.6) is 0 Å². The van der Waals surface area contributed by atoms with Crippen LogP contribution in [0.3, 0.4) is 0 Å². The quantitative estimate of drug-likeness (QED) is 0.454. The molecule has 52 valence electrons. The van der Waals surface area contributed by atoms with Crippen molar-refractivity contribution in [2.24, 2.45) is 0 Å². The van der Waals surface area contributed by atoms with Crippen LogP contribution in [0.1, 0.15) is 13.8 Å². The number of carbonyl (C=O) groups is 1. The van der Waals surface area contributed by atoms with Crippen molar-refractivity contribution in [3.63, 3.8) is 0 Å². The van der Waals surface area contributed by atoms with Crippen molar-refractivity contribution in [1.29, 1.82) is 0 Å². The Kier molecular flexibility index (Phi) is 2.78. The van der Waals surface area contributed by atoms with Crippen LogP contribution in [0.25, 0.3) is 0 Å². The van der Waals surface area contributed by atoms with Crippen LogP contribution in [0.2, 0.25) is 0 Å². The molecule has 0 bridgehead atoms. The van der Waals surface area contributed by atoms with Gasteiger partial charge in [0, 0.05) is 6.04 Å². The van der Waals surface area contributed by atoms with Crippen LogP contribution in [0.4, 0.5) is 0 Å². The van der Waals surface area contributed by atoms with Gasteiger partial charge in [-0.3, -0.25) is 9.69 Å². The maximum absolute atomic E-state index is 10.1. The molecule has 0 radical (unpaired) electrons. The van der Waals surface area contributed by atoms with E-state index in [-0.39, 0.29) is 11.9 Å². The molecule has 0 aromatic carbocycles. The molecule has 1 N–H and O–H groups in total. The third-order valence-electron chi connectivity index (χ3n) is 0.968. The average molecular weight is 129 g/mol. The van der Waals surface area contributed by atoms with E-state index < -0.39 is 0 Å². The summed E-state index contributed by atoms with van der Waals surface area (Å²) >= 11 is 0. The summed E-state index contributed by atoms with van der Waals surface area (Å²) in [5.74, 6) is -0.208. The fourth-order valence-electron chi connectivity index (χ4n) is 0.481. The number of carbonyl (C=O) groups excluding carboxylic acids is 1. The van der Waals surface area contributed by atoms with Crippen LogP contribution >= 0.6 is 0 Å². The molecule has 3 heteroatoms. The number of aliphatic hydroxyl groups is 1. The van der Waals surface area contributed by atoms with Crippen molar-refractivity contribution in [3.05, 3.63) is 12.5 Å². The van der Waals surface area contributed by atoms with Gasteiger partial charge in [-0.2, -0.15) is 0 Å². The van der Waals surface area contributed by atoms with Gasteiger partial charge in [-0.15, -0.1) is 0 Å². The molecule has 0 aliphatic heterocycles. The van der Waals surface area contributed by atoms with Gasteiger partial charge >= 0.3 is 0 Å². The van der Waals surface area contributed by atoms with E-state index in [9.17, 15) is 4.79 Å². The minimum Gasteiger partial charge on any atom is -0.495 e. The van der Waals surface area contributed by atoms with Gasteiger partial charge < -0.3 is 5.11 Å². The zero-order valence-electron chi connectivity index (χ0n) is 5.66. The van der Waals surface area contributed by atoms with Gasteiger partial charge in [0.25, 0.3) is 0 Å². The SMILES string of the molecule is C=C(O)N(C=O)C(C)C. The first kappa shape index (κ1) is 8.01. The first-order chi connectivity index (χ1) is 4.09. The average Bonchev–Trinajstić information content (AvgIpc) is 1.64. The fraction of sp³-hybridized carbons (Fsp3) is 0.500. The van der Waals surface area contributed by atoms with E-state index in [0.717, 1.165) is 4.90 Å². The van der Waals surface area contributed by atoms with E-state index in [1.807, 2.05) is 0 Å². The predicted octanol–water partition coefficient (Wildman–Crippen LogP) is 0.882. The number of hydrogen-bond acceptors (Lipinski definition) is 2. The molecule has 0 heterocycles. The summed E-state index contributed by atoms with van der Waals surface area (Å²) in [6.07, 6.45) is 0.549. The van der Waals surface area contributed by atoms with Gasteiger partial charge in [0.15, 0.2) is 5.88 Å². The largest absolute Gasteiger partial charge is 0.495 e. The molecular weight excluding hydrogens is 118 g/mol. The lowest BCUT2D eigenvalue weighted by Crippen LogP contribution is -2.27. The zero-order valence-corrected chi connectivity index (χ0v) is 5.66. The minimum absolute atomic E-state index is 0.0278. The van der Waals surface area contributed by atoms with Crippen molar-refractivity contribution >= 4 is 6.41 Å². The lowest BCUT2D eigenvalue weighted by molar-refractivity contribution is -0.119. The second kappa shape index (κ2) is 3.12. The second-order valence-electron chi connectivity index (χ2n) is 2.02. The normalized spacial score (nSPS) is 9.22. The van der Waals surface area contributed by atoms with Crippen LogP contribution in [0, 0.1) is 0 Å². The van der Waals surface area contributed by atoms with E-state index in [2.05, 4.69) is 6.58 Å². The van der Waals surface area contributed by atoms with E-state index in [0.29, 0.717) is 6.41 Å². The lowest BCUT2D eigenvalue weighted by Gasteiger charge is -2.18. The Hall–Kier alpha value is -0.990. The fourth-order valence-corrected chi connectivity index (χ4v) is 0.481. The molecule has 0 aromatic heterocycles. The van der Waals surface area contributed by atoms with E-state index in [4.69, 9.17) is 5.11 Å². The minimum atomic E-state index is -0.208. The highest BCUT2D eigenvalue weighted by molar-refractivity contribution is 5.50. The van der Waals surface area contributed by atoms with Crippen molar-refractivity contribution in [2.75, 3.05) is 0 Å². The maximum Gasteiger partial charge on any atom is 0.216 e. The van der Waals surface area contributed by atoms with E-state index in [1.165, 1.54) is 0 Å². The van der Waals surface area contributed by atoms with Gasteiger partial charge in [0.05, 0.1) is 0 Å². The first-order valence-corrected chi connectivity index (χ1v) is 2.71. The van der Waals surface area contributed by atoms with Gasteiger partial charge in [-0.25, -0.2) is 0 Å². The summed E-state index contributed by atoms with van der Waals surface area (Å²) < 4.78 is 0. The Morgan fingerprint density at radius 2 is 2.22 bits per heavy atom. The summed E-state index contributed by atoms with van der Waals surface area (Å²) in [5.41, 5.74) is 0. The Bertz CT molecular complexity index is 120. The lowest BCUT2D eigenvalue weighted by atomic mass is 10.3. The monoisotopic (exact) mass is 129 g/mol. The summed E-state index contributed by atoms with van der Waals surface area (Å²) in [5, 5.41) is 8.68. The van der Waals surface area contributed by atoms with Gasteiger partial charge in [0.1, 0.15) is 0 Å². The molecule has 0 rings (SSSR count). The van der Waals surface area contributed by atoms with Crippen molar-refractivity contribution in [2.45, 2.75) is 19.9 Å². The third kappa shape index (κ3) is 2.17. The highest BCUT2D eigenvalue weighted by Gasteiger charge is 2.06. The molecule has 0 aliphatic carbocycles. The first-order valence-electron chi connectivity index (χ1n) is 2.71. The third-order valence-corrected chi connectivity index (χ3v) is 0.968. The van der Waals surface area contributed by atoms with Crippen molar-refractivity contribution < 1.29 is 9.90 Å². The zero-order chi connectivity index (χ0) is 7.44. The number of aliphatic hydroxyl groups excluding tert-OH is 1. The second-order valence-corrected chi connectivity index (χ2v) is 2.02. The Balaban J connectivity index is 3.98. The standard InChI is InChI=1S/C6H11NO2/c1-5(2)7(4-8)6(3)9/h4-5,9H,3H2,1-2H3. The summed E-state index contributed by atoms with van der Waals surface area (Å²) in [6, 6.07) is -0.0278. The number of rotatable bonds is 3. The molecular formula is C6H11NO2. The molecule has 0 saturated heterocycles. The Morgan fingerprint density at radius 3 is 2.22 bits per heavy atom. The molecule has 9 heavy (non-hydrogen) atoms. The van der Waals surface area contributed by atoms with Crippen molar-refractivity contribution in [3.8, 4) is 0 Å². The maximum atomic E-state index is 10.1. The Morgan fingerprint density at radius 1 is 1.78 bits per heavy atom. The predicted molar refractivity (Wildman–Crippen MR) is 34.8 cm³/mol. The van der Waals surface area contributed by atoms with E-state index in [1.54, 1.807) is 13.8 Å². The number of amides is 1. The highest BCUT2D eigenvalue weighted by atomic mass is 16.3. The van der Waals surface area contributed by atoms with Crippen molar-refractivity contribution in [1.82, 2.24) is 4.90 Å².